The van der Waals surface area contributed by atoms with Gasteiger partial charge in [0.1, 0.15) is 11.6 Å². The second-order valence-corrected chi connectivity index (χ2v) is 6.01. The maximum absolute atomic E-state index is 12.4. The van der Waals surface area contributed by atoms with E-state index < -0.39 is 0 Å². The topological polar surface area (TPSA) is 92.4 Å². The standard InChI is InChI=1S/C21H20N4O3/c1-14(26)23-16-5-3-6-17(11-16)24-20-10-9-15(13-22-20)21(27)25-18-7-4-8-19(12-18)28-2/h3-13H,1-2H3,(H,22,24)(H,23,26)(H,25,27). The maximum Gasteiger partial charge on any atom is 0.257 e. The number of rotatable bonds is 6. The number of carbonyl (C=O) groups excluding carboxylic acids is 2. The van der Waals surface area contributed by atoms with Gasteiger partial charge in [-0.15, -0.1) is 0 Å². The average Bonchev–Trinajstić information content (AvgIpc) is 2.68. The van der Waals surface area contributed by atoms with Gasteiger partial charge in [0.05, 0.1) is 12.7 Å². The molecular formula is C21H20N4O3. The molecule has 2 aromatic carbocycles. The summed E-state index contributed by atoms with van der Waals surface area (Å²) in [5, 5.41) is 8.67. The smallest absolute Gasteiger partial charge is 0.257 e. The largest absolute Gasteiger partial charge is 0.497 e. The van der Waals surface area contributed by atoms with Gasteiger partial charge in [-0.3, -0.25) is 9.59 Å². The number of aromatic nitrogens is 1. The first kappa shape index (κ1) is 18.9. The molecule has 3 rings (SSSR count). The lowest BCUT2D eigenvalue weighted by Gasteiger charge is -2.09. The van der Waals surface area contributed by atoms with Crippen molar-refractivity contribution in [3.05, 3.63) is 72.4 Å². The summed E-state index contributed by atoms with van der Waals surface area (Å²) in [4.78, 5) is 27.8. The Bertz CT molecular complexity index is 987. The second kappa shape index (κ2) is 8.68. The molecule has 0 radical (unpaired) electrons. The van der Waals surface area contributed by atoms with E-state index in [-0.39, 0.29) is 11.8 Å². The van der Waals surface area contributed by atoms with Gasteiger partial charge in [-0.1, -0.05) is 12.1 Å². The number of hydrogen-bond donors (Lipinski definition) is 3. The number of amides is 2. The van der Waals surface area contributed by atoms with Crippen molar-refractivity contribution in [2.75, 3.05) is 23.1 Å². The third-order valence-electron chi connectivity index (χ3n) is 3.81. The van der Waals surface area contributed by atoms with E-state index in [9.17, 15) is 9.59 Å². The van der Waals surface area contributed by atoms with Crippen molar-refractivity contribution >= 4 is 34.7 Å². The van der Waals surface area contributed by atoms with Crippen LogP contribution in [-0.4, -0.2) is 23.9 Å². The highest BCUT2D eigenvalue weighted by molar-refractivity contribution is 6.04. The molecule has 7 heteroatoms. The quantitative estimate of drug-likeness (QED) is 0.604. The third kappa shape index (κ3) is 5.07. The molecule has 0 aliphatic heterocycles. The van der Waals surface area contributed by atoms with Gasteiger partial charge in [0.15, 0.2) is 0 Å². The Morgan fingerprint density at radius 2 is 1.61 bits per heavy atom. The second-order valence-electron chi connectivity index (χ2n) is 6.01. The summed E-state index contributed by atoms with van der Waals surface area (Å²) < 4.78 is 5.15. The number of nitrogens with zero attached hydrogens (tertiary/aromatic N) is 1. The van der Waals surface area contributed by atoms with Crippen molar-refractivity contribution in [1.82, 2.24) is 4.98 Å². The predicted octanol–water partition coefficient (Wildman–Crippen LogP) is 4.04. The van der Waals surface area contributed by atoms with E-state index in [1.165, 1.54) is 13.1 Å². The fourth-order valence-electron chi connectivity index (χ4n) is 2.53. The molecule has 0 aliphatic carbocycles. The lowest BCUT2D eigenvalue weighted by atomic mass is 10.2. The summed E-state index contributed by atoms with van der Waals surface area (Å²) in [5.74, 6) is 0.844. The lowest BCUT2D eigenvalue weighted by molar-refractivity contribution is -0.114. The van der Waals surface area contributed by atoms with Gasteiger partial charge in [0.25, 0.3) is 5.91 Å². The lowest BCUT2D eigenvalue weighted by Crippen LogP contribution is -2.12. The Morgan fingerprint density at radius 1 is 0.893 bits per heavy atom. The molecule has 0 atom stereocenters. The highest BCUT2D eigenvalue weighted by Gasteiger charge is 2.08. The van der Waals surface area contributed by atoms with Crippen molar-refractivity contribution in [2.45, 2.75) is 6.92 Å². The molecule has 3 N–H and O–H groups in total. The molecule has 3 aromatic rings. The number of anilines is 4. The van der Waals surface area contributed by atoms with Crippen LogP contribution in [0.3, 0.4) is 0 Å². The summed E-state index contributed by atoms with van der Waals surface area (Å²) in [6.07, 6.45) is 1.50. The van der Waals surface area contributed by atoms with Crippen LogP contribution in [0, 0.1) is 0 Å². The summed E-state index contributed by atoms with van der Waals surface area (Å²) in [7, 11) is 1.57. The fourth-order valence-corrected chi connectivity index (χ4v) is 2.53. The van der Waals surface area contributed by atoms with Crippen molar-refractivity contribution in [2.24, 2.45) is 0 Å². The third-order valence-corrected chi connectivity index (χ3v) is 3.81. The van der Waals surface area contributed by atoms with E-state index in [2.05, 4.69) is 20.9 Å². The zero-order chi connectivity index (χ0) is 19.9. The zero-order valence-corrected chi connectivity index (χ0v) is 15.5. The number of nitrogens with one attached hydrogen (secondary N) is 3. The summed E-state index contributed by atoms with van der Waals surface area (Å²) in [6.45, 7) is 1.46. The first-order chi connectivity index (χ1) is 13.5. The zero-order valence-electron chi connectivity index (χ0n) is 15.5. The van der Waals surface area contributed by atoms with Crippen molar-refractivity contribution in [1.29, 1.82) is 0 Å². The monoisotopic (exact) mass is 376 g/mol. The van der Waals surface area contributed by atoms with E-state index >= 15 is 0 Å². The van der Waals surface area contributed by atoms with Crippen LogP contribution >= 0.6 is 0 Å². The molecule has 142 valence electrons. The van der Waals surface area contributed by atoms with Crippen LogP contribution in [-0.2, 0) is 4.79 Å². The van der Waals surface area contributed by atoms with Gasteiger partial charge < -0.3 is 20.7 Å². The number of methoxy groups -OCH3 is 1. The van der Waals surface area contributed by atoms with E-state index in [1.54, 1.807) is 55.6 Å². The van der Waals surface area contributed by atoms with Gasteiger partial charge in [0.2, 0.25) is 5.91 Å². The molecule has 0 saturated heterocycles. The minimum atomic E-state index is -0.264. The summed E-state index contributed by atoms with van der Waals surface area (Å²) >= 11 is 0. The number of pyridine rings is 1. The number of carbonyl (C=O) groups is 2. The Kier molecular flexibility index (Phi) is 5.86. The minimum Gasteiger partial charge on any atom is -0.497 e. The number of benzene rings is 2. The Morgan fingerprint density at radius 3 is 2.29 bits per heavy atom. The molecule has 0 aliphatic rings. The van der Waals surface area contributed by atoms with E-state index in [0.717, 1.165) is 5.69 Å². The van der Waals surface area contributed by atoms with Gasteiger partial charge in [-0.05, 0) is 42.5 Å². The first-order valence-electron chi connectivity index (χ1n) is 8.59. The highest BCUT2D eigenvalue weighted by atomic mass is 16.5. The van der Waals surface area contributed by atoms with Crippen LogP contribution in [0.5, 0.6) is 5.75 Å². The van der Waals surface area contributed by atoms with Crippen molar-refractivity contribution in [3.63, 3.8) is 0 Å². The van der Waals surface area contributed by atoms with Gasteiger partial charge in [-0.2, -0.15) is 0 Å². The molecule has 0 fully saturated rings. The number of ether oxygens (including phenoxy) is 1. The molecule has 1 heterocycles. The molecule has 0 spiro atoms. The van der Waals surface area contributed by atoms with Crippen LogP contribution < -0.4 is 20.7 Å². The van der Waals surface area contributed by atoms with Crippen LogP contribution in [0.25, 0.3) is 0 Å². The van der Waals surface area contributed by atoms with Crippen LogP contribution in [0.15, 0.2) is 66.9 Å². The molecule has 2 amide bonds. The van der Waals surface area contributed by atoms with Crippen molar-refractivity contribution < 1.29 is 14.3 Å². The molecule has 0 bridgehead atoms. The molecule has 1 aromatic heterocycles. The molecule has 7 nitrogen and oxygen atoms in total. The van der Waals surface area contributed by atoms with Crippen LogP contribution in [0.1, 0.15) is 17.3 Å². The van der Waals surface area contributed by atoms with E-state index in [0.29, 0.717) is 28.5 Å². The van der Waals surface area contributed by atoms with Crippen LogP contribution in [0.2, 0.25) is 0 Å². The molecular weight excluding hydrogens is 356 g/mol. The van der Waals surface area contributed by atoms with Crippen LogP contribution in [0.4, 0.5) is 22.9 Å². The normalized spacial score (nSPS) is 10.1. The van der Waals surface area contributed by atoms with Gasteiger partial charge >= 0.3 is 0 Å². The SMILES string of the molecule is COc1cccc(NC(=O)c2ccc(Nc3cccc(NC(C)=O)c3)nc2)c1. The minimum absolute atomic E-state index is 0.137. The first-order valence-corrected chi connectivity index (χ1v) is 8.59. The fraction of sp³-hybridized carbons (Fsp3) is 0.0952. The predicted molar refractivity (Wildman–Crippen MR) is 109 cm³/mol. The van der Waals surface area contributed by atoms with Gasteiger partial charge in [0, 0.05) is 36.2 Å². The Balaban J connectivity index is 1.66. The molecule has 0 saturated carbocycles. The summed E-state index contributed by atoms with van der Waals surface area (Å²) in [5.41, 5.74) is 2.53. The maximum atomic E-state index is 12.4. The molecule has 28 heavy (non-hydrogen) atoms. The molecule has 0 unspecified atom stereocenters. The van der Waals surface area contributed by atoms with Crippen molar-refractivity contribution in [3.8, 4) is 5.75 Å². The number of hydrogen-bond acceptors (Lipinski definition) is 5. The average molecular weight is 376 g/mol. The highest BCUT2D eigenvalue weighted by Crippen LogP contribution is 2.20. The van der Waals surface area contributed by atoms with Gasteiger partial charge in [-0.25, -0.2) is 4.98 Å². The van der Waals surface area contributed by atoms with E-state index in [4.69, 9.17) is 4.74 Å². The summed E-state index contributed by atoms with van der Waals surface area (Å²) in [6, 6.07) is 17.8. The van der Waals surface area contributed by atoms with E-state index in [1.807, 2.05) is 12.1 Å². The Hall–Kier alpha value is -3.87. The Labute approximate surface area is 162 Å².